The van der Waals surface area contributed by atoms with Crippen LogP contribution in [0.2, 0.25) is 0 Å². The molecule has 11 heteroatoms. The van der Waals surface area contributed by atoms with Gasteiger partial charge in [0.1, 0.15) is 11.0 Å². The second-order valence-corrected chi connectivity index (χ2v) is 10.3. The van der Waals surface area contributed by atoms with Gasteiger partial charge in [0.25, 0.3) is 0 Å². The fourth-order valence-corrected chi connectivity index (χ4v) is 5.33. The quantitative estimate of drug-likeness (QED) is 0.315. The molecule has 2 amide bonds. The zero-order chi connectivity index (χ0) is 30.1. The smallest absolute Gasteiger partial charge is 0.338 e. The number of esters is 2. The average Bonchev–Trinajstić information content (AvgIpc) is 3.29. The van der Waals surface area contributed by atoms with E-state index in [-0.39, 0.29) is 24.8 Å². The zero-order valence-corrected chi connectivity index (χ0v) is 24.3. The Hall–Kier alpha value is -4.64. The molecule has 0 spiro atoms. The summed E-state index contributed by atoms with van der Waals surface area (Å²) in [6.07, 6.45) is 0.505. The van der Waals surface area contributed by atoms with Gasteiger partial charge in [-0.2, -0.15) is 0 Å². The van der Waals surface area contributed by atoms with E-state index in [1.165, 1.54) is 18.9 Å². The number of carbonyl (C=O) groups is 4. The summed E-state index contributed by atoms with van der Waals surface area (Å²) in [5.74, 6) is -0.716. The van der Waals surface area contributed by atoms with Crippen LogP contribution >= 0.6 is 11.8 Å². The van der Waals surface area contributed by atoms with Gasteiger partial charge in [0.05, 0.1) is 37.6 Å². The summed E-state index contributed by atoms with van der Waals surface area (Å²) in [5, 5.41) is 2.57. The van der Waals surface area contributed by atoms with Crippen LogP contribution in [-0.4, -0.2) is 66.4 Å². The number of carbonyl (C=O) groups excluding carboxylic acids is 4. The molecule has 0 unspecified atom stereocenters. The summed E-state index contributed by atoms with van der Waals surface area (Å²) in [7, 11) is 2.90. The van der Waals surface area contributed by atoms with Gasteiger partial charge in [-0.1, -0.05) is 23.9 Å². The van der Waals surface area contributed by atoms with Gasteiger partial charge >= 0.3 is 11.9 Å². The van der Waals surface area contributed by atoms with Gasteiger partial charge < -0.3 is 19.5 Å². The third-order valence-corrected chi connectivity index (χ3v) is 7.54. The Morgan fingerprint density at radius 2 is 1.55 bits per heavy atom. The molecule has 0 aromatic heterocycles. The molecular weight excluding hydrogens is 558 g/mol. The van der Waals surface area contributed by atoms with E-state index in [1.54, 1.807) is 67.5 Å². The van der Waals surface area contributed by atoms with Crippen LogP contribution in [0, 0.1) is 0 Å². The minimum atomic E-state index is -0.673. The Labute approximate surface area is 248 Å². The summed E-state index contributed by atoms with van der Waals surface area (Å²) < 4.78 is 15.0. The van der Waals surface area contributed by atoms with Crippen LogP contribution in [0.4, 0.5) is 11.4 Å². The number of nitrogens with one attached hydrogen (secondary N) is 1. The molecule has 1 aliphatic rings. The molecule has 4 rings (SSSR count). The maximum absolute atomic E-state index is 13.5. The monoisotopic (exact) mass is 589 g/mol. The minimum absolute atomic E-state index is 0.0674. The number of aliphatic imine (C=N–C) groups is 1. The van der Waals surface area contributed by atoms with Crippen molar-refractivity contribution in [2.75, 3.05) is 32.7 Å². The molecule has 0 bridgehead atoms. The van der Waals surface area contributed by atoms with E-state index in [1.807, 2.05) is 24.3 Å². The van der Waals surface area contributed by atoms with Crippen LogP contribution in [-0.2, 0) is 25.5 Å². The fraction of sp³-hybridized carbons (Fsp3) is 0.258. The predicted molar refractivity (Wildman–Crippen MR) is 160 cm³/mol. The SMILES string of the molecule is CCOC(=O)c1ccc(N=C2S[C@H](CC(=O)Nc3ccc(C(=O)OC)cc3)C(=O)N2CCc2ccc(OC)cc2)cc1. The number of anilines is 1. The first kappa shape index (κ1) is 30.3. The van der Waals surface area contributed by atoms with Gasteiger partial charge in [0.2, 0.25) is 11.8 Å². The lowest BCUT2D eigenvalue weighted by Gasteiger charge is -2.17. The van der Waals surface area contributed by atoms with Crippen LogP contribution in [0.3, 0.4) is 0 Å². The van der Waals surface area contributed by atoms with E-state index in [4.69, 9.17) is 14.2 Å². The molecule has 1 atom stereocenters. The van der Waals surface area contributed by atoms with Gasteiger partial charge in [-0.25, -0.2) is 14.6 Å². The van der Waals surface area contributed by atoms with Gasteiger partial charge in [-0.3, -0.25) is 14.5 Å². The Morgan fingerprint density at radius 1 is 0.905 bits per heavy atom. The molecule has 0 saturated carbocycles. The summed E-state index contributed by atoms with van der Waals surface area (Å²) >= 11 is 1.22. The Morgan fingerprint density at radius 3 is 2.17 bits per heavy atom. The number of hydrogen-bond donors (Lipinski definition) is 1. The van der Waals surface area contributed by atoms with Crippen LogP contribution in [0.15, 0.2) is 77.8 Å². The topological polar surface area (TPSA) is 124 Å². The average molecular weight is 590 g/mol. The molecular formula is C31H31N3O7S. The summed E-state index contributed by atoms with van der Waals surface area (Å²) in [5.41, 5.74) is 2.84. The van der Waals surface area contributed by atoms with Gasteiger partial charge in [0.15, 0.2) is 5.17 Å². The van der Waals surface area contributed by atoms with Crippen LogP contribution in [0.25, 0.3) is 0 Å². The summed E-state index contributed by atoms with van der Waals surface area (Å²) in [6.45, 7) is 2.38. The fourth-order valence-electron chi connectivity index (χ4n) is 4.15. The van der Waals surface area contributed by atoms with E-state index >= 15 is 0 Å². The third kappa shape index (κ3) is 7.76. The number of thioether (sulfide) groups is 1. The number of rotatable bonds is 11. The van der Waals surface area contributed by atoms with Crippen molar-refractivity contribution in [3.8, 4) is 5.75 Å². The normalized spacial score (nSPS) is 15.4. The van der Waals surface area contributed by atoms with E-state index in [9.17, 15) is 19.2 Å². The van der Waals surface area contributed by atoms with Gasteiger partial charge in [0, 0.05) is 18.7 Å². The van der Waals surface area contributed by atoms with Crippen molar-refractivity contribution in [2.45, 2.75) is 25.0 Å². The molecule has 3 aromatic rings. The second kappa shape index (κ2) is 14.3. The molecule has 1 saturated heterocycles. The Kier molecular flexibility index (Phi) is 10.3. The highest BCUT2D eigenvalue weighted by Crippen LogP contribution is 2.32. The molecule has 1 heterocycles. The van der Waals surface area contributed by atoms with Crippen LogP contribution < -0.4 is 10.1 Å². The Balaban J connectivity index is 1.49. The second-order valence-electron chi connectivity index (χ2n) is 9.18. The standard InChI is InChI=1S/C31H31N3O7S/c1-4-41-30(38)22-9-13-24(14-10-22)33-31-34(18-17-20-5-15-25(39-2)16-6-20)28(36)26(42-31)19-27(35)32-23-11-7-21(8-12-23)29(37)40-3/h5-16,26H,4,17-19H2,1-3H3,(H,32,35)/t26-/m1/s1. The first-order valence-electron chi connectivity index (χ1n) is 13.3. The maximum Gasteiger partial charge on any atom is 0.338 e. The molecule has 218 valence electrons. The number of amidine groups is 1. The molecule has 1 fully saturated rings. The molecule has 0 aliphatic carbocycles. The summed E-state index contributed by atoms with van der Waals surface area (Å²) in [6, 6.07) is 20.5. The van der Waals surface area contributed by atoms with Crippen molar-refractivity contribution in [2.24, 2.45) is 4.99 Å². The molecule has 1 N–H and O–H groups in total. The van der Waals surface area contributed by atoms with Gasteiger partial charge in [-0.15, -0.1) is 0 Å². The van der Waals surface area contributed by atoms with E-state index in [0.29, 0.717) is 40.6 Å². The van der Waals surface area contributed by atoms with Crippen LogP contribution in [0.5, 0.6) is 5.75 Å². The van der Waals surface area contributed by atoms with Crippen molar-refractivity contribution < 1.29 is 33.4 Å². The molecule has 10 nitrogen and oxygen atoms in total. The maximum atomic E-state index is 13.5. The lowest BCUT2D eigenvalue weighted by molar-refractivity contribution is -0.128. The lowest BCUT2D eigenvalue weighted by atomic mass is 10.1. The van der Waals surface area contributed by atoms with Crippen LogP contribution in [0.1, 0.15) is 39.6 Å². The minimum Gasteiger partial charge on any atom is -0.497 e. The van der Waals surface area contributed by atoms with Crippen molar-refractivity contribution in [3.63, 3.8) is 0 Å². The van der Waals surface area contributed by atoms with E-state index < -0.39 is 17.2 Å². The number of amides is 2. The Bertz CT molecular complexity index is 1460. The van der Waals surface area contributed by atoms with E-state index in [2.05, 4.69) is 10.3 Å². The van der Waals surface area contributed by atoms with Crippen molar-refractivity contribution in [1.29, 1.82) is 0 Å². The number of nitrogens with zero attached hydrogens (tertiary/aromatic N) is 2. The number of ether oxygens (including phenoxy) is 3. The number of hydrogen-bond acceptors (Lipinski definition) is 9. The lowest BCUT2D eigenvalue weighted by Crippen LogP contribution is -2.35. The zero-order valence-electron chi connectivity index (χ0n) is 23.5. The first-order chi connectivity index (χ1) is 20.3. The number of methoxy groups -OCH3 is 2. The predicted octanol–water partition coefficient (Wildman–Crippen LogP) is 4.86. The van der Waals surface area contributed by atoms with Crippen molar-refractivity contribution in [3.05, 3.63) is 89.5 Å². The highest BCUT2D eigenvalue weighted by atomic mass is 32.2. The van der Waals surface area contributed by atoms with Gasteiger partial charge in [-0.05, 0) is 79.6 Å². The first-order valence-corrected chi connectivity index (χ1v) is 14.1. The highest BCUT2D eigenvalue weighted by molar-refractivity contribution is 8.15. The number of benzene rings is 3. The molecule has 42 heavy (non-hydrogen) atoms. The largest absolute Gasteiger partial charge is 0.497 e. The summed E-state index contributed by atoms with van der Waals surface area (Å²) in [4.78, 5) is 56.3. The van der Waals surface area contributed by atoms with Crippen molar-refractivity contribution >= 4 is 52.1 Å². The van der Waals surface area contributed by atoms with E-state index in [0.717, 1.165) is 11.3 Å². The molecule has 0 radical (unpaired) electrons. The highest BCUT2D eigenvalue weighted by Gasteiger charge is 2.39. The molecule has 1 aliphatic heterocycles. The third-order valence-electron chi connectivity index (χ3n) is 6.37. The van der Waals surface area contributed by atoms with Crippen molar-refractivity contribution in [1.82, 2.24) is 4.90 Å². The molecule has 3 aromatic carbocycles.